The zero-order chi connectivity index (χ0) is 19.1. The van der Waals surface area contributed by atoms with E-state index in [1.54, 1.807) is 0 Å². The topological polar surface area (TPSA) is 41.6 Å². The van der Waals surface area contributed by atoms with Crippen LogP contribution in [0.3, 0.4) is 0 Å². The van der Waals surface area contributed by atoms with E-state index in [4.69, 9.17) is 4.74 Å². The van der Waals surface area contributed by atoms with Gasteiger partial charge in [0.1, 0.15) is 12.4 Å². The van der Waals surface area contributed by atoms with Crippen LogP contribution in [0, 0.1) is 0 Å². The summed E-state index contributed by atoms with van der Waals surface area (Å²) in [4.78, 5) is 14.3. The van der Waals surface area contributed by atoms with Crippen LogP contribution in [0.25, 0.3) is 10.8 Å². The van der Waals surface area contributed by atoms with E-state index in [2.05, 4.69) is 35.6 Å². The number of amides is 1. The lowest BCUT2D eigenvalue weighted by Crippen LogP contribution is -2.38. The number of ether oxygens (including phenoxy) is 1. The molecule has 0 aromatic heterocycles. The smallest absolute Gasteiger partial charge is 0.234 e. The third-order valence-electron chi connectivity index (χ3n) is 4.55. The third kappa shape index (κ3) is 5.56. The monoisotopic (exact) mass is 362 g/mol. The minimum Gasteiger partial charge on any atom is -0.492 e. The quantitative estimate of drug-likeness (QED) is 0.658. The summed E-state index contributed by atoms with van der Waals surface area (Å²) < 4.78 is 5.68. The van der Waals surface area contributed by atoms with Crippen LogP contribution in [0.5, 0.6) is 5.75 Å². The highest BCUT2D eigenvalue weighted by atomic mass is 16.5. The second kappa shape index (κ2) is 9.19. The maximum Gasteiger partial charge on any atom is 0.234 e. The Bertz CT molecular complexity index is 880. The molecule has 27 heavy (non-hydrogen) atoms. The van der Waals surface area contributed by atoms with Crippen molar-refractivity contribution in [1.29, 1.82) is 0 Å². The van der Waals surface area contributed by atoms with Gasteiger partial charge in [-0.25, -0.2) is 0 Å². The summed E-state index contributed by atoms with van der Waals surface area (Å²) >= 11 is 0. The van der Waals surface area contributed by atoms with Crippen LogP contribution in [-0.4, -0.2) is 37.6 Å². The number of likely N-dealkylation sites (N-methyl/N-ethyl adjacent to an activating group) is 1. The lowest BCUT2D eigenvalue weighted by molar-refractivity contribution is -0.122. The lowest BCUT2D eigenvalue weighted by Gasteiger charge is -2.19. The molecular formula is C23H26N2O2. The Hall–Kier alpha value is -2.85. The van der Waals surface area contributed by atoms with Gasteiger partial charge in [-0.1, -0.05) is 54.6 Å². The first-order chi connectivity index (χ1) is 13.1. The fourth-order valence-electron chi connectivity index (χ4n) is 3.01. The van der Waals surface area contributed by atoms with E-state index in [0.717, 1.165) is 11.3 Å². The highest BCUT2D eigenvalue weighted by Crippen LogP contribution is 2.20. The number of rotatable bonds is 8. The van der Waals surface area contributed by atoms with E-state index in [1.807, 2.05) is 61.3 Å². The predicted molar refractivity (Wildman–Crippen MR) is 110 cm³/mol. The summed E-state index contributed by atoms with van der Waals surface area (Å²) in [5, 5.41) is 5.47. The first-order valence-corrected chi connectivity index (χ1v) is 9.26. The fourth-order valence-corrected chi connectivity index (χ4v) is 3.01. The number of para-hydroxylation sites is 1. The first-order valence-electron chi connectivity index (χ1n) is 9.26. The zero-order valence-corrected chi connectivity index (χ0v) is 15.9. The Labute approximate surface area is 160 Å². The fraction of sp³-hybridized carbons (Fsp3) is 0.261. The Morgan fingerprint density at radius 2 is 1.70 bits per heavy atom. The molecule has 0 aliphatic carbocycles. The number of benzene rings is 3. The molecule has 1 unspecified atom stereocenters. The van der Waals surface area contributed by atoms with Gasteiger partial charge >= 0.3 is 0 Å². The molecule has 4 nitrogen and oxygen atoms in total. The van der Waals surface area contributed by atoms with Crippen LogP contribution in [0.4, 0.5) is 0 Å². The van der Waals surface area contributed by atoms with Gasteiger partial charge in [-0.2, -0.15) is 0 Å². The number of hydrogen-bond acceptors (Lipinski definition) is 3. The molecule has 0 aliphatic rings. The number of carbonyl (C=O) groups excluding carboxylic acids is 1. The van der Waals surface area contributed by atoms with Gasteiger partial charge in [0.2, 0.25) is 5.91 Å². The molecule has 4 heteroatoms. The van der Waals surface area contributed by atoms with E-state index in [0.29, 0.717) is 19.7 Å². The van der Waals surface area contributed by atoms with E-state index in [-0.39, 0.29) is 11.9 Å². The summed E-state index contributed by atoms with van der Waals surface area (Å²) in [5.74, 6) is 0.859. The van der Waals surface area contributed by atoms with E-state index >= 15 is 0 Å². The van der Waals surface area contributed by atoms with Crippen LogP contribution >= 0.6 is 0 Å². The van der Waals surface area contributed by atoms with Crippen molar-refractivity contribution < 1.29 is 9.53 Å². The average Bonchev–Trinajstić information content (AvgIpc) is 2.68. The van der Waals surface area contributed by atoms with Crippen molar-refractivity contribution in [2.75, 3.05) is 26.7 Å². The van der Waals surface area contributed by atoms with E-state index < -0.39 is 0 Å². The van der Waals surface area contributed by atoms with Crippen LogP contribution in [0.1, 0.15) is 18.5 Å². The zero-order valence-electron chi connectivity index (χ0n) is 15.9. The molecule has 1 atom stereocenters. The molecule has 0 saturated carbocycles. The Balaban J connectivity index is 1.45. The number of nitrogens with one attached hydrogen (secondary N) is 1. The minimum atomic E-state index is -0.0314. The van der Waals surface area contributed by atoms with Crippen molar-refractivity contribution in [1.82, 2.24) is 10.2 Å². The van der Waals surface area contributed by atoms with Gasteiger partial charge in [0, 0.05) is 6.54 Å². The largest absolute Gasteiger partial charge is 0.492 e. The summed E-state index contributed by atoms with van der Waals surface area (Å²) in [7, 11) is 1.93. The number of nitrogens with zero attached hydrogens (tertiary/aromatic N) is 1. The Kier molecular flexibility index (Phi) is 6.44. The normalized spacial score (nSPS) is 12.1. The van der Waals surface area contributed by atoms with Crippen LogP contribution < -0.4 is 10.1 Å². The lowest BCUT2D eigenvalue weighted by atomic mass is 10.0. The molecule has 3 rings (SSSR count). The van der Waals surface area contributed by atoms with Gasteiger partial charge in [0.25, 0.3) is 0 Å². The van der Waals surface area contributed by atoms with Crippen LogP contribution in [0.15, 0.2) is 72.8 Å². The summed E-state index contributed by atoms with van der Waals surface area (Å²) in [6, 6.07) is 24.2. The summed E-state index contributed by atoms with van der Waals surface area (Å²) in [5.41, 5.74) is 1.11. The maximum atomic E-state index is 12.3. The number of fused-ring (bicyclic) bond motifs is 1. The van der Waals surface area contributed by atoms with Crippen molar-refractivity contribution in [3.8, 4) is 5.75 Å². The molecule has 140 valence electrons. The van der Waals surface area contributed by atoms with E-state index in [1.165, 1.54) is 10.8 Å². The molecule has 3 aromatic carbocycles. The third-order valence-corrected chi connectivity index (χ3v) is 4.55. The SMILES string of the molecule is CC(NC(=O)CN(C)CCOc1ccccc1)c1ccc2ccccc2c1. The standard InChI is InChI=1S/C23H26N2O2/c1-18(20-13-12-19-8-6-7-9-21(19)16-20)24-23(26)17-25(2)14-15-27-22-10-4-3-5-11-22/h3-13,16,18H,14-15,17H2,1-2H3,(H,24,26). The minimum absolute atomic E-state index is 0.0119. The first kappa shape index (κ1) is 18.9. The Morgan fingerprint density at radius 1 is 1.00 bits per heavy atom. The van der Waals surface area contributed by atoms with Crippen molar-refractivity contribution in [2.45, 2.75) is 13.0 Å². The molecule has 0 spiro atoms. The second-order valence-electron chi connectivity index (χ2n) is 6.80. The van der Waals surface area contributed by atoms with Gasteiger partial charge < -0.3 is 10.1 Å². The number of carbonyl (C=O) groups is 1. The molecule has 0 aliphatic heterocycles. The summed E-state index contributed by atoms with van der Waals surface area (Å²) in [6.45, 7) is 3.59. The molecule has 0 fully saturated rings. The van der Waals surface area contributed by atoms with Gasteiger partial charge in [-0.05, 0) is 48.5 Å². The van der Waals surface area contributed by atoms with Gasteiger partial charge in [0.05, 0.1) is 12.6 Å². The summed E-state index contributed by atoms with van der Waals surface area (Å²) in [6.07, 6.45) is 0. The molecule has 0 saturated heterocycles. The van der Waals surface area contributed by atoms with Crippen molar-refractivity contribution in [3.05, 3.63) is 78.4 Å². The van der Waals surface area contributed by atoms with Crippen LogP contribution in [-0.2, 0) is 4.79 Å². The van der Waals surface area contributed by atoms with Crippen LogP contribution in [0.2, 0.25) is 0 Å². The van der Waals surface area contributed by atoms with Gasteiger partial charge in [-0.3, -0.25) is 9.69 Å². The highest BCUT2D eigenvalue weighted by molar-refractivity contribution is 5.83. The highest BCUT2D eigenvalue weighted by Gasteiger charge is 2.12. The second-order valence-corrected chi connectivity index (χ2v) is 6.80. The Morgan fingerprint density at radius 3 is 2.48 bits per heavy atom. The van der Waals surface area contributed by atoms with E-state index in [9.17, 15) is 4.79 Å². The van der Waals surface area contributed by atoms with Crippen molar-refractivity contribution >= 4 is 16.7 Å². The molecule has 3 aromatic rings. The average molecular weight is 362 g/mol. The molecule has 1 N–H and O–H groups in total. The van der Waals surface area contributed by atoms with Crippen molar-refractivity contribution in [2.24, 2.45) is 0 Å². The molecule has 0 bridgehead atoms. The molecule has 0 radical (unpaired) electrons. The molecule has 1 amide bonds. The predicted octanol–water partition coefficient (Wildman–Crippen LogP) is 4.03. The molecular weight excluding hydrogens is 336 g/mol. The van der Waals surface area contributed by atoms with Gasteiger partial charge in [-0.15, -0.1) is 0 Å². The molecule has 0 heterocycles. The van der Waals surface area contributed by atoms with Gasteiger partial charge in [0.15, 0.2) is 0 Å². The van der Waals surface area contributed by atoms with Crippen molar-refractivity contribution in [3.63, 3.8) is 0 Å². The maximum absolute atomic E-state index is 12.3. The number of hydrogen-bond donors (Lipinski definition) is 1.